The first-order valence-electron chi connectivity index (χ1n) is 5.96. The molecular weight excluding hydrogens is 220 g/mol. The van der Waals surface area contributed by atoms with E-state index in [1.165, 1.54) is 0 Å². The minimum absolute atomic E-state index is 0.347. The first-order valence-corrected chi connectivity index (χ1v) is 5.96. The van der Waals surface area contributed by atoms with Crippen molar-refractivity contribution in [2.75, 3.05) is 13.7 Å². The lowest BCUT2D eigenvalue weighted by atomic mass is 10.2. The van der Waals surface area contributed by atoms with Crippen molar-refractivity contribution < 1.29 is 9.53 Å². The predicted octanol–water partition coefficient (Wildman–Crippen LogP) is 0.681. The van der Waals surface area contributed by atoms with Crippen molar-refractivity contribution >= 4 is 5.91 Å². The van der Waals surface area contributed by atoms with Gasteiger partial charge < -0.3 is 10.5 Å². The summed E-state index contributed by atoms with van der Waals surface area (Å²) in [6.07, 6.45) is 4.15. The van der Waals surface area contributed by atoms with Crippen LogP contribution < -0.4 is 5.73 Å². The SMILES string of the molecule is COCCCCn1nnc(C(N)=O)c1C1CC1. The van der Waals surface area contributed by atoms with Gasteiger partial charge >= 0.3 is 0 Å². The van der Waals surface area contributed by atoms with Crippen LogP contribution in [0.2, 0.25) is 0 Å². The number of primary amides is 1. The number of amides is 1. The van der Waals surface area contributed by atoms with Crippen molar-refractivity contribution in [1.29, 1.82) is 0 Å². The molecule has 1 aromatic heterocycles. The number of rotatable bonds is 7. The number of methoxy groups -OCH3 is 1. The molecule has 17 heavy (non-hydrogen) atoms. The van der Waals surface area contributed by atoms with Crippen LogP contribution in [-0.2, 0) is 11.3 Å². The van der Waals surface area contributed by atoms with Crippen LogP contribution in [0.5, 0.6) is 0 Å². The summed E-state index contributed by atoms with van der Waals surface area (Å²) in [5.74, 6) is -0.0510. The molecule has 0 aromatic carbocycles. The fourth-order valence-electron chi connectivity index (χ4n) is 1.93. The normalized spacial score (nSPS) is 15.1. The zero-order valence-electron chi connectivity index (χ0n) is 10.1. The van der Waals surface area contributed by atoms with Gasteiger partial charge in [0.05, 0.1) is 5.69 Å². The van der Waals surface area contributed by atoms with Crippen LogP contribution in [0.15, 0.2) is 0 Å². The Labute approximate surface area is 100 Å². The molecule has 94 valence electrons. The first kappa shape index (κ1) is 12.0. The number of aromatic nitrogens is 3. The predicted molar refractivity (Wildman–Crippen MR) is 61.6 cm³/mol. The second-order valence-electron chi connectivity index (χ2n) is 4.38. The number of hydrogen-bond acceptors (Lipinski definition) is 4. The molecule has 1 amide bonds. The second kappa shape index (κ2) is 5.27. The van der Waals surface area contributed by atoms with Crippen molar-refractivity contribution in [3.63, 3.8) is 0 Å². The van der Waals surface area contributed by atoms with E-state index in [0.29, 0.717) is 11.6 Å². The summed E-state index contributed by atoms with van der Waals surface area (Å²) in [7, 11) is 1.69. The molecule has 0 unspecified atom stereocenters. The van der Waals surface area contributed by atoms with E-state index in [1.54, 1.807) is 7.11 Å². The Balaban J connectivity index is 2.03. The second-order valence-corrected chi connectivity index (χ2v) is 4.38. The number of unbranched alkanes of at least 4 members (excludes halogenated alkanes) is 1. The summed E-state index contributed by atoms with van der Waals surface area (Å²) in [6, 6.07) is 0. The van der Waals surface area contributed by atoms with E-state index in [-0.39, 0.29) is 0 Å². The van der Waals surface area contributed by atoms with Crippen LogP contribution in [0.3, 0.4) is 0 Å². The van der Waals surface area contributed by atoms with Crippen LogP contribution >= 0.6 is 0 Å². The van der Waals surface area contributed by atoms with E-state index in [1.807, 2.05) is 4.68 Å². The molecule has 0 radical (unpaired) electrons. The minimum Gasteiger partial charge on any atom is -0.385 e. The zero-order valence-corrected chi connectivity index (χ0v) is 10.1. The molecule has 6 nitrogen and oxygen atoms in total. The molecule has 1 aliphatic rings. The number of hydrogen-bond donors (Lipinski definition) is 1. The summed E-state index contributed by atoms with van der Waals surface area (Å²) >= 11 is 0. The Morgan fingerprint density at radius 3 is 2.88 bits per heavy atom. The minimum atomic E-state index is -0.477. The first-order chi connectivity index (χ1) is 8.24. The highest BCUT2D eigenvalue weighted by Crippen LogP contribution is 2.41. The Morgan fingerprint density at radius 1 is 1.53 bits per heavy atom. The van der Waals surface area contributed by atoms with Crippen molar-refractivity contribution in [3.8, 4) is 0 Å². The summed E-state index contributed by atoms with van der Waals surface area (Å²) in [6.45, 7) is 1.52. The van der Waals surface area contributed by atoms with Gasteiger partial charge in [-0.3, -0.25) is 4.79 Å². The molecule has 0 spiro atoms. The third-order valence-corrected chi connectivity index (χ3v) is 2.94. The lowest BCUT2D eigenvalue weighted by molar-refractivity contribution is 0.0994. The van der Waals surface area contributed by atoms with Gasteiger partial charge in [-0.2, -0.15) is 0 Å². The molecule has 1 fully saturated rings. The summed E-state index contributed by atoms with van der Waals surface area (Å²) in [5.41, 5.74) is 6.57. The summed E-state index contributed by atoms with van der Waals surface area (Å²) in [5, 5.41) is 7.90. The van der Waals surface area contributed by atoms with E-state index >= 15 is 0 Å². The van der Waals surface area contributed by atoms with Gasteiger partial charge in [0.1, 0.15) is 0 Å². The topological polar surface area (TPSA) is 83.0 Å². The van der Waals surface area contributed by atoms with Crippen LogP contribution in [0.25, 0.3) is 0 Å². The van der Waals surface area contributed by atoms with Gasteiger partial charge in [-0.1, -0.05) is 5.21 Å². The fourth-order valence-corrected chi connectivity index (χ4v) is 1.93. The van der Waals surface area contributed by atoms with Crippen molar-refractivity contribution in [2.45, 2.75) is 38.1 Å². The maximum Gasteiger partial charge on any atom is 0.271 e. The fraction of sp³-hybridized carbons (Fsp3) is 0.727. The highest BCUT2D eigenvalue weighted by molar-refractivity contribution is 5.92. The number of carbonyl (C=O) groups excluding carboxylic acids is 1. The summed E-state index contributed by atoms with van der Waals surface area (Å²) in [4.78, 5) is 11.2. The Kier molecular flexibility index (Phi) is 3.73. The van der Waals surface area contributed by atoms with Crippen molar-refractivity contribution in [1.82, 2.24) is 15.0 Å². The molecule has 1 saturated carbocycles. The maximum atomic E-state index is 11.2. The highest BCUT2D eigenvalue weighted by atomic mass is 16.5. The van der Waals surface area contributed by atoms with Crippen LogP contribution in [-0.4, -0.2) is 34.6 Å². The van der Waals surface area contributed by atoms with Gasteiger partial charge in [0.25, 0.3) is 5.91 Å². The van der Waals surface area contributed by atoms with Gasteiger partial charge in [0.2, 0.25) is 0 Å². The zero-order chi connectivity index (χ0) is 12.3. The standard InChI is InChI=1S/C11H18N4O2/c1-17-7-3-2-6-15-10(8-4-5-8)9(11(12)16)13-14-15/h8H,2-7H2,1H3,(H2,12,16). The van der Waals surface area contributed by atoms with E-state index in [4.69, 9.17) is 10.5 Å². The molecule has 0 saturated heterocycles. The molecule has 2 rings (SSSR count). The van der Waals surface area contributed by atoms with Gasteiger partial charge in [-0.15, -0.1) is 5.10 Å². The van der Waals surface area contributed by atoms with Crippen LogP contribution in [0.1, 0.15) is 47.8 Å². The molecular formula is C11H18N4O2. The van der Waals surface area contributed by atoms with E-state index < -0.39 is 5.91 Å². The molecule has 0 aliphatic heterocycles. The van der Waals surface area contributed by atoms with Crippen LogP contribution in [0, 0.1) is 0 Å². The molecule has 2 N–H and O–H groups in total. The lowest BCUT2D eigenvalue weighted by Gasteiger charge is -2.05. The Morgan fingerprint density at radius 2 is 2.29 bits per heavy atom. The lowest BCUT2D eigenvalue weighted by Crippen LogP contribution is -2.15. The average molecular weight is 238 g/mol. The largest absolute Gasteiger partial charge is 0.385 e. The Bertz CT molecular complexity index is 398. The molecule has 1 heterocycles. The highest BCUT2D eigenvalue weighted by Gasteiger charge is 2.32. The Hall–Kier alpha value is -1.43. The molecule has 1 aliphatic carbocycles. The van der Waals surface area contributed by atoms with Gasteiger partial charge in [-0.25, -0.2) is 4.68 Å². The van der Waals surface area contributed by atoms with E-state index in [2.05, 4.69) is 10.3 Å². The smallest absolute Gasteiger partial charge is 0.271 e. The molecule has 0 bridgehead atoms. The van der Waals surface area contributed by atoms with Crippen molar-refractivity contribution in [3.05, 3.63) is 11.4 Å². The molecule has 1 aromatic rings. The van der Waals surface area contributed by atoms with E-state index in [9.17, 15) is 4.79 Å². The number of nitrogens with zero attached hydrogens (tertiary/aromatic N) is 3. The van der Waals surface area contributed by atoms with Crippen LogP contribution in [0.4, 0.5) is 0 Å². The number of ether oxygens (including phenoxy) is 1. The maximum absolute atomic E-state index is 11.2. The molecule has 0 atom stereocenters. The summed E-state index contributed by atoms with van der Waals surface area (Å²) < 4.78 is 6.82. The number of aryl methyl sites for hydroxylation is 1. The number of nitrogens with two attached hydrogens (primary N) is 1. The van der Waals surface area contributed by atoms with Gasteiger partial charge in [-0.05, 0) is 25.7 Å². The van der Waals surface area contributed by atoms with E-state index in [0.717, 1.165) is 44.5 Å². The average Bonchev–Trinajstić information content (AvgIpc) is 3.05. The molecule has 6 heteroatoms. The van der Waals surface area contributed by atoms with Crippen molar-refractivity contribution in [2.24, 2.45) is 5.73 Å². The van der Waals surface area contributed by atoms with Gasteiger partial charge in [0, 0.05) is 26.2 Å². The third kappa shape index (κ3) is 2.82. The quantitative estimate of drug-likeness (QED) is 0.708. The number of carbonyl (C=O) groups is 1. The third-order valence-electron chi connectivity index (χ3n) is 2.94. The van der Waals surface area contributed by atoms with Gasteiger partial charge in [0.15, 0.2) is 5.69 Å². The monoisotopic (exact) mass is 238 g/mol.